The lowest BCUT2D eigenvalue weighted by atomic mass is 9.72. The molecule has 5 nitrogen and oxygen atoms in total. The number of rotatable bonds is 3. The first kappa shape index (κ1) is 15.4. The zero-order chi connectivity index (χ0) is 15.6. The van der Waals surface area contributed by atoms with Crippen LogP contribution in [0.5, 0.6) is 0 Å². The minimum absolute atomic E-state index is 0.0570. The number of nitrogens with one attached hydrogen (secondary N) is 2. The van der Waals surface area contributed by atoms with E-state index in [2.05, 4.69) is 10.6 Å². The number of amides is 2. The van der Waals surface area contributed by atoms with Crippen molar-refractivity contribution in [3.63, 3.8) is 0 Å². The summed E-state index contributed by atoms with van der Waals surface area (Å²) in [6, 6.07) is 0. The van der Waals surface area contributed by atoms with Crippen molar-refractivity contribution in [1.82, 2.24) is 10.6 Å². The highest BCUT2D eigenvalue weighted by Gasteiger charge is 2.44. The molecule has 1 saturated heterocycles. The van der Waals surface area contributed by atoms with Gasteiger partial charge in [-0.3, -0.25) is 9.59 Å². The number of hydrogen-bond donors (Lipinski definition) is 3. The van der Waals surface area contributed by atoms with Gasteiger partial charge in [0.15, 0.2) is 5.11 Å². The number of thiocarbonyl (C=S) groups is 1. The van der Waals surface area contributed by atoms with Gasteiger partial charge >= 0.3 is 0 Å². The smallest absolute Gasteiger partial charge is 0.239 e. The lowest BCUT2D eigenvalue weighted by Crippen LogP contribution is -2.59. The van der Waals surface area contributed by atoms with E-state index in [4.69, 9.17) is 12.2 Å². The highest BCUT2D eigenvalue weighted by molar-refractivity contribution is 7.80. The molecule has 0 aromatic carbocycles. The Kier molecular flexibility index (Phi) is 4.27. The van der Waals surface area contributed by atoms with Crippen LogP contribution in [0.1, 0.15) is 26.7 Å². The van der Waals surface area contributed by atoms with Gasteiger partial charge in [0.05, 0.1) is 0 Å². The molecule has 0 saturated carbocycles. The van der Waals surface area contributed by atoms with Crippen molar-refractivity contribution in [3.05, 3.63) is 35.6 Å². The van der Waals surface area contributed by atoms with Gasteiger partial charge < -0.3 is 15.7 Å². The minimum atomic E-state index is -0.796. The summed E-state index contributed by atoms with van der Waals surface area (Å²) in [5.74, 6) is -1.33. The van der Waals surface area contributed by atoms with Crippen LogP contribution in [-0.2, 0) is 9.59 Å². The average molecular weight is 306 g/mol. The fraction of sp³-hybridized carbons (Fsp3) is 0.400. The van der Waals surface area contributed by atoms with Gasteiger partial charge in [-0.25, -0.2) is 0 Å². The van der Waals surface area contributed by atoms with Crippen LogP contribution in [0.15, 0.2) is 35.6 Å². The SMILES string of the molecule is CC(C)(CC1=CC=C(O)C=CC1)C1C(=O)NC(=S)NC1=O. The third kappa shape index (κ3) is 3.58. The van der Waals surface area contributed by atoms with Crippen molar-refractivity contribution in [3.8, 4) is 0 Å². The quantitative estimate of drug-likeness (QED) is 0.549. The largest absolute Gasteiger partial charge is 0.508 e. The Morgan fingerprint density at radius 1 is 1.29 bits per heavy atom. The van der Waals surface area contributed by atoms with Crippen LogP contribution in [0.25, 0.3) is 0 Å². The maximum Gasteiger partial charge on any atom is 0.239 e. The first-order valence-electron chi connectivity index (χ1n) is 6.70. The number of carbonyl (C=O) groups excluding carboxylic acids is 2. The van der Waals surface area contributed by atoms with Gasteiger partial charge in [-0.1, -0.05) is 31.6 Å². The standard InChI is InChI=1S/C15H18N2O3S/c1-15(2,8-9-4-3-5-10(18)7-6-9)11-12(19)16-14(21)17-13(11)20/h3,5-7,11,18H,4,8H2,1-2H3,(H2,16,17,19,20,21). The van der Waals surface area contributed by atoms with Crippen molar-refractivity contribution in [2.75, 3.05) is 0 Å². The molecule has 0 spiro atoms. The van der Waals surface area contributed by atoms with Crippen molar-refractivity contribution in [2.24, 2.45) is 11.3 Å². The summed E-state index contributed by atoms with van der Waals surface area (Å²) in [5, 5.41) is 14.5. The molecule has 0 radical (unpaired) electrons. The molecule has 2 aliphatic rings. The van der Waals surface area contributed by atoms with Gasteiger partial charge in [0.2, 0.25) is 11.8 Å². The summed E-state index contributed by atoms with van der Waals surface area (Å²) in [6.07, 6.45) is 8.19. The summed E-state index contributed by atoms with van der Waals surface area (Å²) >= 11 is 4.81. The Morgan fingerprint density at radius 2 is 1.90 bits per heavy atom. The number of allylic oxidation sites excluding steroid dienone is 5. The lowest BCUT2D eigenvalue weighted by Gasteiger charge is -2.35. The second-order valence-corrected chi connectivity index (χ2v) is 6.34. The third-order valence-corrected chi connectivity index (χ3v) is 3.82. The number of aliphatic hydroxyl groups excluding tert-OH is 1. The Balaban J connectivity index is 2.18. The molecule has 6 heteroatoms. The molecular formula is C15H18N2O3S. The van der Waals surface area contributed by atoms with Gasteiger partial charge in [0.1, 0.15) is 11.7 Å². The van der Waals surface area contributed by atoms with Gasteiger partial charge in [-0.05, 0) is 42.6 Å². The zero-order valence-electron chi connectivity index (χ0n) is 12.0. The molecule has 0 atom stereocenters. The predicted molar refractivity (Wildman–Crippen MR) is 83.3 cm³/mol. The second kappa shape index (κ2) is 5.81. The maximum absolute atomic E-state index is 12.1. The minimum Gasteiger partial charge on any atom is -0.508 e. The maximum atomic E-state index is 12.1. The van der Waals surface area contributed by atoms with Crippen LogP contribution in [0.4, 0.5) is 0 Å². The predicted octanol–water partition coefficient (Wildman–Crippen LogP) is 1.88. The monoisotopic (exact) mass is 306 g/mol. The number of aliphatic hydroxyl groups is 1. The molecule has 1 aliphatic heterocycles. The Hall–Kier alpha value is -1.95. The topological polar surface area (TPSA) is 78.4 Å². The normalized spacial score (nSPS) is 20.4. The summed E-state index contributed by atoms with van der Waals surface area (Å²) in [4.78, 5) is 24.2. The summed E-state index contributed by atoms with van der Waals surface area (Å²) in [6.45, 7) is 3.76. The van der Waals surface area contributed by atoms with Gasteiger partial charge in [-0.15, -0.1) is 0 Å². The van der Waals surface area contributed by atoms with E-state index in [0.29, 0.717) is 12.8 Å². The van der Waals surface area contributed by atoms with Crippen LogP contribution >= 0.6 is 12.2 Å². The van der Waals surface area contributed by atoms with E-state index in [9.17, 15) is 14.7 Å². The van der Waals surface area contributed by atoms with Crippen molar-refractivity contribution < 1.29 is 14.7 Å². The third-order valence-electron chi connectivity index (χ3n) is 3.62. The molecule has 21 heavy (non-hydrogen) atoms. The van der Waals surface area contributed by atoms with Crippen LogP contribution < -0.4 is 10.6 Å². The van der Waals surface area contributed by atoms with E-state index in [0.717, 1.165) is 5.57 Å². The fourth-order valence-electron chi connectivity index (χ4n) is 2.70. The molecule has 0 aromatic heterocycles. The number of carbonyl (C=O) groups is 2. The van der Waals surface area contributed by atoms with Crippen molar-refractivity contribution in [1.29, 1.82) is 0 Å². The first-order valence-corrected chi connectivity index (χ1v) is 7.11. The van der Waals surface area contributed by atoms with Crippen LogP contribution in [0.2, 0.25) is 0 Å². The van der Waals surface area contributed by atoms with Gasteiger partial charge in [0.25, 0.3) is 0 Å². The molecule has 112 valence electrons. The summed E-state index contributed by atoms with van der Waals surface area (Å²) in [7, 11) is 0. The molecule has 0 aromatic rings. The van der Waals surface area contributed by atoms with E-state index < -0.39 is 11.3 Å². The Bertz CT molecular complexity index is 568. The summed E-state index contributed by atoms with van der Waals surface area (Å²) < 4.78 is 0. The molecule has 1 fully saturated rings. The van der Waals surface area contributed by atoms with E-state index in [-0.39, 0.29) is 22.7 Å². The second-order valence-electron chi connectivity index (χ2n) is 5.93. The molecule has 0 unspecified atom stereocenters. The number of hydrogen-bond acceptors (Lipinski definition) is 4. The molecular weight excluding hydrogens is 288 g/mol. The molecule has 2 rings (SSSR count). The molecule has 2 amide bonds. The molecule has 0 bridgehead atoms. The van der Waals surface area contributed by atoms with Gasteiger partial charge in [0, 0.05) is 0 Å². The van der Waals surface area contributed by atoms with Gasteiger partial charge in [-0.2, -0.15) is 0 Å². The lowest BCUT2D eigenvalue weighted by molar-refractivity contribution is -0.140. The van der Waals surface area contributed by atoms with Crippen LogP contribution in [0, 0.1) is 11.3 Å². The van der Waals surface area contributed by atoms with Crippen LogP contribution in [-0.4, -0.2) is 22.0 Å². The zero-order valence-corrected chi connectivity index (χ0v) is 12.8. The Labute approximate surface area is 128 Å². The summed E-state index contributed by atoms with van der Waals surface area (Å²) in [5.41, 5.74) is 0.492. The van der Waals surface area contributed by atoms with Crippen molar-refractivity contribution in [2.45, 2.75) is 26.7 Å². The van der Waals surface area contributed by atoms with E-state index in [1.165, 1.54) is 0 Å². The average Bonchev–Trinajstić information content (AvgIpc) is 2.52. The van der Waals surface area contributed by atoms with E-state index in [1.54, 1.807) is 12.2 Å². The van der Waals surface area contributed by atoms with Crippen LogP contribution in [0.3, 0.4) is 0 Å². The molecule has 3 N–H and O–H groups in total. The van der Waals surface area contributed by atoms with E-state index >= 15 is 0 Å². The fourth-order valence-corrected chi connectivity index (χ4v) is 2.91. The molecule has 1 heterocycles. The first-order chi connectivity index (χ1) is 9.79. The highest BCUT2D eigenvalue weighted by atomic mass is 32.1. The molecule has 1 aliphatic carbocycles. The van der Waals surface area contributed by atoms with Crippen molar-refractivity contribution >= 4 is 29.1 Å². The highest BCUT2D eigenvalue weighted by Crippen LogP contribution is 2.36. The Morgan fingerprint density at radius 3 is 2.52 bits per heavy atom. The van der Waals surface area contributed by atoms with E-state index in [1.807, 2.05) is 26.0 Å².